The Labute approximate surface area is 213 Å². The molecule has 0 aromatic carbocycles. The SMILES string of the molecule is CC(C)=CCC/C(C)=C/C(/C=C/C(C)(CCC=C(C)C)C(O)CC(C)CCC=C(C)C)C1CC1. The first-order chi connectivity index (χ1) is 15.9. The lowest BCUT2D eigenvalue weighted by molar-refractivity contribution is 0.0437. The summed E-state index contributed by atoms with van der Waals surface area (Å²) >= 11 is 0. The summed E-state index contributed by atoms with van der Waals surface area (Å²) in [5.41, 5.74) is 5.47. The molecule has 4 atom stereocenters. The van der Waals surface area contributed by atoms with Crippen LogP contribution < -0.4 is 0 Å². The lowest BCUT2D eigenvalue weighted by Crippen LogP contribution is -2.32. The molecule has 0 aromatic heterocycles. The Bertz CT molecular complexity index is 731. The van der Waals surface area contributed by atoms with E-state index in [4.69, 9.17) is 0 Å². The predicted molar refractivity (Wildman–Crippen MR) is 153 cm³/mol. The van der Waals surface area contributed by atoms with E-state index < -0.39 is 0 Å². The van der Waals surface area contributed by atoms with Crippen LogP contribution in [0.3, 0.4) is 0 Å². The Morgan fingerprint density at radius 2 is 1.44 bits per heavy atom. The van der Waals surface area contributed by atoms with Crippen molar-refractivity contribution < 1.29 is 5.11 Å². The summed E-state index contributed by atoms with van der Waals surface area (Å²) in [5, 5.41) is 11.4. The van der Waals surface area contributed by atoms with Crippen LogP contribution in [0.5, 0.6) is 0 Å². The molecule has 1 fully saturated rings. The minimum Gasteiger partial charge on any atom is -0.392 e. The second kappa shape index (κ2) is 15.6. The second-order valence-electron chi connectivity index (χ2n) is 12.1. The number of hydrogen-bond donors (Lipinski definition) is 1. The Kier molecular flexibility index (Phi) is 14.1. The third kappa shape index (κ3) is 13.5. The highest BCUT2D eigenvalue weighted by Gasteiger charge is 2.33. The summed E-state index contributed by atoms with van der Waals surface area (Å²) in [6, 6.07) is 0. The van der Waals surface area contributed by atoms with Gasteiger partial charge in [0.25, 0.3) is 0 Å². The van der Waals surface area contributed by atoms with Gasteiger partial charge in [-0.05, 0) is 124 Å². The largest absolute Gasteiger partial charge is 0.392 e. The number of hydrogen-bond acceptors (Lipinski definition) is 1. The number of aliphatic hydroxyl groups is 1. The minimum absolute atomic E-state index is 0.187. The number of allylic oxidation sites excluding steroid dienone is 9. The van der Waals surface area contributed by atoms with Gasteiger partial charge in [-0.15, -0.1) is 0 Å². The molecule has 194 valence electrons. The van der Waals surface area contributed by atoms with E-state index in [9.17, 15) is 5.11 Å². The molecule has 1 nitrogen and oxygen atoms in total. The van der Waals surface area contributed by atoms with Crippen LogP contribution in [0, 0.1) is 23.2 Å². The average molecular weight is 469 g/mol. The Morgan fingerprint density at radius 1 is 0.882 bits per heavy atom. The van der Waals surface area contributed by atoms with Gasteiger partial charge in [-0.25, -0.2) is 0 Å². The fourth-order valence-corrected chi connectivity index (χ4v) is 4.62. The Morgan fingerprint density at radius 3 is 2.00 bits per heavy atom. The molecule has 4 unspecified atom stereocenters. The first-order valence-electron chi connectivity index (χ1n) is 13.9. The van der Waals surface area contributed by atoms with Crippen molar-refractivity contribution >= 4 is 0 Å². The molecule has 0 saturated heterocycles. The predicted octanol–water partition coefficient (Wildman–Crippen LogP) is 10.1. The van der Waals surface area contributed by atoms with Crippen molar-refractivity contribution in [2.75, 3.05) is 0 Å². The van der Waals surface area contributed by atoms with Crippen molar-refractivity contribution in [3.63, 3.8) is 0 Å². The van der Waals surface area contributed by atoms with Gasteiger partial charge in [0.05, 0.1) is 6.10 Å². The molecule has 0 radical (unpaired) electrons. The molecule has 1 heteroatoms. The smallest absolute Gasteiger partial charge is 0.0630 e. The fourth-order valence-electron chi connectivity index (χ4n) is 4.62. The summed E-state index contributed by atoms with van der Waals surface area (Å²) in [7, 11) is 0. The molecule has 0 spiro atoms. The monoisotopic (exact) mass is 468 g/mol. The van der Waals surface area contributed by atoms with Gasteiger partial charge in [-0.2, -0.15) is 0 Å². The summed E-state index contributed by atoms with van der Waals surface area (Å²) in [4.78, 5) is 0. The van der Waals surface area contributed by atoms with Gasteiger partial charge in [0, 0.05) is 5.41 Å². The average Bonchev–Trinajstić information content (AvgIpc) is 3.55. The van der Waals surface area contributed by atoms with E-state index in [1.165, 1.54) is 35.1 Å². The minimum atomic E-state index is -0.307. The molecule has 1 saturated carbocycles. The van der Waals surface area contributed by atoms with Crippen molar-refractivity contribution in [3.8, 4) is 0 Å². The third-order valence-corrected chi connectivity index (χ3v) is 7.27. The van der Waals surface area contributed by atoms with Crippen LogP contribution in [-0.2, 0) is 0 Å². The van der Waals surface area contributed by atoms with E-state index in [0.29, 0.717) is 11.8 Å². The second-order valence-corrected chi connectivity index (χ2v) is 12.1. The van der Waals surface area contributed by atoms with Crippen LogP contribution in [0.1, 0.15) is 120 Å². The van der Waals surface area contributed by atoms with E-state index in [1.54, 1.807) is 0 Å². The fraction of sp³-hybridized carbons (Fsp3) is 0.697. The van der Waals surface area contributed by atoms with Gasteiger partial charge in [-0.3, -0.25) is 0 Å². The third-order valence-electron chi connectivity index (χ3n) is 7.27. The topological polar surface area (TPSA) is 20.2 Å². The zero-order chi connectivity index (χ0) is 25.7. The first-order valence-corrected chi connectivity index (χ1v) is 13.9. The molecule has 0 aromatic rings. The zero-order valence-electron chi connectivity index (χ0n) is 24.1. The zero-order valence-corrected chi connectivity index (χ0v) is 24.1. The molecule has 0 bridgehead atoms. The van der Waals surface area contributed by atoms with Gasteiger partial charge in [0.2, 0.25) is 0 Å². The van der Waals surface area contributed by atoms with Crippen molar-refractivity contribution in [1.82, 2.24) is 0 Å². The summed E-state index contributed by atoms with van der Waals surface area (Å²) in [6.45, 7) is 19.9. The number of aliphatic hydroxyl groups excluding tert-OH is 1. The quantitative estimate of drug-likeness (QED) is 0.223. The summed E-state index contributed by atoms with van der Waals surface area (Å²) < 4.78 is 0. The van der Waals surface area contributed by atoms with E-state index >= 15 is 0 Å². The maximum Gasteiger partial charge on any atom is 0.0630 e. The molecule has 0 amide bonds. The van der Waals surface area contributed by atoms with Crippen molar-refractivity contribution in [2.45, 2.75) is 126 Å². The lowest BCUT2D eigenvalue weighted by Gasteiger charge is -2.34. The highest BCUT2D eigenvalue weighted by atomic mass is 16.3. The van der Waals surface area contributed by atoms with E-state index in [2.05, 4.69) is 98.8 Å². The van der Waals surface area contributed by atoms with Crippen LogP contribution in [0.4, 0.5) is 0 Å². The molecule has 1 rings (SSSR count). The molecule has 1 aliphatic carbocycles. The van der Waals surface area contributed by atoms with E-state index in [-0.39, 0.29) is 11.5 Å². The van der Waals surface area contributed by atoms with E-state index in [0.717, 1.165) is 50.9 Å². The molecule has 34 heavy (non-hydrogen) atoms. The highest BCUT2D eigenvalue weighted by Crippen LogP contribution is 2.41. The highest BCUT2D eigenvalue weighted by molar-refractivity contribution is 5.15. The van der Waals surface area contributed by atoms with Crippen molar-refractivity contribution in [3.05, 3.63) is 58.7 Å². The summed E-state index contributed by atoms with van der Waals surface area (Å²) in [6.07, 6.45) is 24.1. The van der Waals surface area contributed by atoms with Crippen LogP contribution in [-0.4, -0.2) is 11.2 Å². The molecular weight excluding hydrogens is 412 g/mol. The van der Waals surface area contributed by atoms with Gasteiger partial charge >= 0.3 is 0 Å². The van der Waals surface area contributed by atoms with Gasteiger partial charge in [0.1, 0.15) is 0 Å². The van der Waals surface area contributed by atoms with Gasteiger partial charge in [0.15, 0.2) is 0 Å². The lowest BCUT2D eigenvalue weighted by atomic mass is 9.75. The molecule has 0 aliphatic heterocycles. The molecule has 0 heterocycles. The Hall–Kier alpha value is -1.34. The molecular formula is C33H56O. The maximum absolute atomic E-state index is 11.4. The van der Waals surface area contributed by atoms with E-state index in [1.807, 2.05) is 0 Å². The van der Waals surface area contributed by atoms with Crippen LogP contribution in [0.25, 0.3) is 0 Å². The van der Waals surface area contributed by atoms with Crippen LogP contribution in [0.2, 0.25) is 0 Å². The maximum atomic E-state index is 11.4. The standard InChI is InChI=1S/C33H56O/c1-25(2)13-10-16-28(7)23-31(30-18-19-30)20-22-33(9,21-12-15-27(5)6)32(34)24-29(8)17-11-14-26(3)4/h13-15,20,22-23,29-32,34H,10-12,16-19,21,24H2,1-9H3/b22-20+,28-23+. The first kappa shape index (κ1) is 30.7. The summed E-state index contributed by atoms with van der Waals surface area (Å²) in [5.74, 6) is 1.83. The molecule has 1 aliphatic rings. The van der Waals surface area contributed by atoms with Gasteiger partial charge in [-0.1, -0.05) is 72.6 Å². The van der Waals surface area contributed by atoms with Crippen molar-refractivity contribution in [2.24, 2.45) is 23.2 Å². The van der Waals surface area contributed by atoms with Crippen LogP contribution in [0.15, 0.2) is 58.7 Å². The van der Waals surface area contributed by atoms with Crippen molar-refractivity contribution in [1.29, 1.82) is 0 Å². The Balaban J connectivity index is 2.95. The van der Waals surface area contributed by atoms with Gasteiger partial charge < -0.3 is 5.11 Å². The normalized spacial score (nSPS) is 18.7. The number of rotatable bonds is 16. The molecule has 1 N–H and O–H groups in total. The van der Waals surface area contributed by atoms with Crippen LogP contribution >= 0.6 is 0 Å².